The summed E-state index contributed by atoms with van der Waals surface area (Å²) < 4.78 is 5.29. The van der Waals surface area contributed by atoms with Gasteiger partial charge < -0.3 is 15.4 Å². The number of alkyl carbamates (subject to hydrolysis) is 1. The zero-order valence-corrected chi connectivity index (χ0v) is 13.3. The van der Waals surface area contributed by atoms with E-state index < -0.39 is 5.60 Å². The van der Waals surface area contributed by atoms with Crippen molar-refractivity contribution < 1.29 is 9.53 Å². The minimum atomic E-state index is -0.421. The lowest BCUT2D eigenvalue weighted by molar-refractivity contribution is 0.0480. The Hall–Kier alpha value is -0.770. The molecule has 112 valence electrons. The molecular weight excluding hydrogens is 240 g/mol. The monoisotopic (exact) mass is 270 g/mol. The fourth-order valence-electron chi connectivity index (χ4n) is 2.64. The maximum absolute atomic E-state index is 11.7. The second kappa shape index (κ2) is 6.12. The minimum absolute atomic E-state index is 0.177. The second-order valence-electron chi connectivity index (χ2n) is 7.17. The highest BCUT2D eigenvalue weighted by Crippen LogP contribution is 2.32. The van der Waals surface area contributed by atoms with E-state index in [1.807, 2.05) is 27.8 Å². The third-order valence-corrected chi connectivity index (χ3v) is 4.11. The van der Waals surface area contributed by atoms with Crippen molar-refractivity contribution in [2.75, 3.05) is 7.05 Å². The van der Waals surface area contributed by atoms with E-state index in [-0.39, 0.29) is 17.7 Å². The van der Waals surface area contributed by atoms with Crippen LogP contribution in [0.2, 0.25) is 0 Å². The summed E-state index contributed by atoms with van der Waals surface area (Å²) in [6.07, 6.45) is 4.08. The Balaban J connectivity index is 2.37. The standard InChI is InChI=1S/C15H30N2O2/c1-14(2,3)19-13(18)17-12-9-7-11(8-10-12)15(4,5)16-6/h11-12,16H,7-10H2,1-6H3,(H,17,18). The number of rotatable bonds is 3. The fourth-order valence-corrected chi connectivity index (χ4v) is 2.64. The Morgan fingerprint density at radius 1 is 1.05 bits per heavy atom. The van der Waals surface area contributed by atoms with Crippen molar-refractivity contribution in [3.63, 3.8) is 0 Å². The zero-order valence-electron chi connectivity index (χ0n) is 13.3. The summed E-state index contributed by atoms with van der Waals surface area (Å²) in [5.41, 5.74) is -0.244. The lowest BCUT2D eigenvalue weighted by atomic mass is 9.75. The Kier molecular flexibility index (Phi) is 5.25. The van der Waals surface area contributed by atoms with E-state index in [4.69, 9.17) is 4.74 Å². The third kappa shape index (κ3) is 5.39. The first-order valence-electron chi connectivity index (χ1n) is 7.32. The molecule has 0 spiro atoms. The molecular formula is C15H30N2O2. The molecule has 0 radical (unpaired) electrons. The lowest BCUT2D eigenvalue weighted by Gasteiger charge is -2.39. The van der Waals surface area contributed by atoms with Crippen LogP contribution in [0.25, 0.3) is 0 Å². The van der Waals surface area contributed by atoms with Crippen LogP contribution in [0, 0.1) is 5.92 Å². The molecule has 1 aliphatic rings. The molecule has 0 saturated heterocycles. The van der Waals surface area contributed by atoms with E-state index >= 15 is 0 Å². The van der Waals surface area contributed by atoms with Gasteiger partial charge in [0.05, 0.1) is 0 Å². The number of ether oxygens (including phenoxy) is 1. The van der Waals surface area contributed by atoms with Gasteiger partial charge in [0.2, 0.25) is 0 Å². The Morgan fingerprint density at radius 3 is 2.00 bits per heavy atom. The van der Waals surface area contributed by atoms with Crippen LogP contribution >= 0.6 is 0 Å². The average Bonchev–Trinajstić information content (AvgIpc) is 2.27. The van der Waals surface area contributed by atoms with Gasteiger partial charge in [0.15, 0.2) is 0 Å². The average molecular weight is 270 g/mol. The zero-order chi connectivity index (χ0) is 14.7. The summed E-state index contributed by atoms with van der Waals surface area (Å²) in [5.74, 6) is 0.675. The van der Waals surface area contributed by atoms with Crippen LogP contribution in [-0.2, 0) is 4.74 Å². The molecule has 0 bridgehead atoms. The van der Waals surface area contributed by atoms with Crippen molar-refractivity contribution in [3.05, 3.63) is 0 Å². The number of nitrogens with one attached hydrogen (secondary N) is 2. The second-order valence-corrected chi connectivity index (χ2v) is 7.17. The molecule has 0 aromatic carbocycles. The first-order valence-corrected chi connectivity index (χ1v) is 7.32. The van der Waals surface area contributed by atoms with Crippen LogP contribution in [-0.4, -0.2) is 30.3 Å². The summed E-state index contributed by atoms with van der Waals surface area (Å²) in [5, 5.41) is 6.37. The lowest BCUT2D eigenvalue weighted by Crippen LogP contribution is -2.48. The topological polar surface area (TPSA) is 50.4 Å². The molecule has 2 N–H and O–H groups in total. The van der Waals surface area contributed by atoms with Crippen molar-refractivity contribution in [2.24, 2.45) is 5.92 Å². The highest BCUT2D eigenvalue weighted by Gasteiger charge is 2.32. The predicted molar refractivity (Wildman–Crippen MR) is 78.3 cm³/mol. The molecule has 19 heavy (non-hydrogen) atoms. The summed E-state index contributed by atoms with van der Waals surface area (Å²) in [7, 11) is 2.02. The molecule has 4 heteroatoms. The highest BCUT2D eigenvalue weighted by molar-refractivity contribution is 5.68. The largest absolute Gasteiger partial charge is 0.444 e. The number of hydrogen-bond acceptors (Lipinski definition) is 3. The van der Waals surface area contributed by atoms with Gasteiger partial charge in [0.1, 0.15) is 5.60 Å². The molecule has 0 heterocycles. The van der Waals surface area contributed by atoms with Crippen LogP contribution in [0.1, 0.15) is 60.3 Å². The van der Waals surface area contributed by atoms with Crippen molar-refractivity contribution in [1.82, 2.24) is 10.6 Å². The molecule has 1 rings (SSSR count). The van der Waals surface area contributed by atoms with Gasteiger partial charge in [0.25, 0.3) is 0 Å². The molecule has 0 atom stereocenters. The first kappa shape index (κ1) is 16.3. The minimum Gasteiger partial charge on any atom is -0.444 e. The van der Waals surface area contributed by atoms with Gasteiger partial charge in [-0.25, -0.2) is 4.79 Å². The van der Waals surface area contributed by atoms with E-state index in [0.29, 0.717) is 5.92 Å². The van der Waals surface area contributed by atoms with Gasteiger partial charge in [-0.2, -0.15) is 0 Å². The molecule has 1 saturated carbocycles. The van der Waals surface area contributed by atoms with E-state index in [9.17, 15) is 4.79 Å². The summed E-state index contributed by atoms with van der Waals surface area (Å²) in [4.78, 5) is 11.7. The van der Waals surface area contributed by atoms with Gasteiger partial charge in [-0.05, 0) is 73.3 Å². The third-order valence-electron chi connectivity index (χ3n) is 4.11. The number of amides is 1. The first-order chi connectivity index (χ1) is 8.64. The molecule has 1 fully saturated rings. The molecule has 1 amide bonds. The number of hydrogen-bond donors (Lipinski definition) is 2. The Morgan fingerprint density at radius 2 is 1.58 bits per heavy atom. The van der Waals surface area contributed by atoms with Crippen LogP contribution in [0.4, 0.5) is 4.79 Å². The van der Waals surface area contributed by atoms with Gasteiger partial charge in [0, 0.05) is 11.6 Å². The number of carbonyl (C=O) groups is 1. The summed E-state index contributed by atoms with van der Waals surface area (Å²) >= 11 is 0. The maximum Gasteiger partial charge on any atom is 0.407 e. The highest BCUT2D eigenvalue weighted by atomic mass is 16.6. The smallest absolute Gasteiger partial charge is 0.407 e. The summed E-state index contributed by atoms with van der Waals surface area (Å²) in [6.45, 7) is 10.2. The van der Waals surface area contributed by atoms with Crippen LogP contribution in [0.3, 0.4) is 0 Å². The molecule has 1 aliphatic carbocycles. The Bertz CT molecular complexity index is 300. The van der Waals surface area contributed by atoms with Crippen molar-refractivity contribution >= 4 is 6.09 Å². The van der Waals surface area contributed by atoms with E-state index in [1.54, 1.807) is 0 Å². The van der Waals surface area contributed by atoms with Crippen molar-refractivity contribution in [2.45, 2.75) is 77.5 Å². The van der Waals surface area contributed by atoms with Gasteiger partial charge >= 0.3 is 6.09 Å². The van der Waals surface area contributed by atoms with Crippen LogP contribution in [0.15, 0.2) is 0 Å². The van der Waals surface area contributed by atoms with Gasteiger partial charge in [-0.3, -0.25) is 0 Å². The van der Waals surface area contributed by atoms with E-state index in [1.165, 1.54) is 0 Å². The maximum atomic E-state index is 11.7. The molecule has 0 aromatic rings. The molecule has 4 nitrogen and oxygen atoms in total. The fraction of sp³-hybridized carbons (Fsp3) is 0.933. The predicted octanol–water partition coefficient (Wildman–Crippen LogP) is 3.07. The van der Waals surface area contributed by atoms with Crippen molar-refractivity contribution in [3.8, 4) is 0 Å². The van der Waals surface area contributed by atoms with E-state index in [2.05, 4.69) is 24.5 Å². The molecule has 0 unspecified atom stereocenters. The Labute approximate surface area is 117 Å². The van der Waals surface area contributed by atoms with Crippen LogP contribution < -0.4 is 10.6 Å². The van der Waals surface area contributed by atoms with Crippen molar-refractivity contribution in [1.29, 1.82) is 0 Å². The molecule has 0 aliphatic heterocycles. The summed E-state index contributed by atoms with van der Waals surface area (Å²) in [6, 6.07) is 0.263. The van der Waals surface area contributed by atoms with E-state index in [0.717, 1.165) is 25.7 Å². The SMILES string of the molecule is CNC(C)(C)C1CCC(NC(=O)OC(C)(C)C)CC1. The van der Waals surface area contributed by atoms with Crippen LogP contribution in [0.5, 0.6) is 0 Å². The molecule has 0 aromatic heterocycles. The van der Waals surface area contributed by atoms with Gasteiger partial charge in [-0.15, -0.1) is 0 Å². The quantitative estimate of drug-likeness (QED) is 0.828. The number of carbonyl (C=O) groups excluding carboxylic acids is 1. The normalized spacial score (nSPS) is 24.9. The van der Waals surface area contributed by atoms with Gasteiger partial charge in [-0.1, -0.05) is 0 Å².